The second-order valence-electron chi connectivity index (χ2n) is 6.73. The van der Waals surface area contributed by atoms with Crippen molar-refractivity contribution in [2.75, 3.05) is 10.2 Å². The molecule has 1 aliphatic rings. The first-order chi connectivity index (χ1) is 13.3. The van der Waals surface area contributed by atoms with Gasteiger partial charge in [0.2, 0.25) is 0 Å². The van der Waals surface area contributed by atoms with E-state index in [1.54, 1.807) is 24.3 Å². The van der Waals surface area contributed by atoms with Crippen LogP contribution in [-0.4, -0.2) is 11.0 Å². The van der Waals surface area contributed by atoms with Crippen molar-refractivity contribution in [1.29, 1.82) is 0 Å². The van der Waals surface area contributed by atoms with E-state index < -0.39 is 0 Å². The molecule has 0 atom stereocenters. The lowest BCUT2D eigenvalue weighted by Gasteiger charge is -2.22. The summed E-state index contributed by atoms with van der Waals surface area (Å²) in [4.78, 5) is 13.0. The lowest BCUT2D eigenvalue weighted by molar-refractivity contribution is -0.112. The summed E-state index contributed by atoms with van der Waals surface area (Å²) in [5.74, 6) is 22.1. The van der Waals surface area contributed by atoms with Crippen molar-refractivity contribution < 1.29 is 4.79 Å². The molecule has 8 heteroatoms. The van der Waals surface area contributed by atoms with Gasteiger partial charge in [-0.25, -0.2) is 33.6 Å². The maximum atomic E-state index is 13.0. The quantitative estimate of drug-likeness (QED) is 0.231. The van der Waals surface area contributed by atoms with Crippen molar-refractivity contribution in [2.24, 2.45) is 23.4 Å². The summed E-state index contributed by atoms with van der Waals surface area (Å²) < 4.78 is 0. The van der Waals surface area contributed by atoms with Gasteiger partial charge in [-0.3, -0.25) is 4.79 Å². The van der Waals surface area contributed by atoms with Gasteiger partial charge in [-0.1, -0.05) is 24.3 Å². The Labute approximate surface area is 169 Å². The summed E-state index contributed by atoms with van der Waals surface area (Å²) in [7, 11) is 0. The van der Waals surface area contributed by atoms with Gasteiger partial charge in [-0.05, 0) is 60.4 Å². The number of nitrogens with zero attached hydrogens (tertiary/aromatic N) is 2. The molecular weight excluding hydrogens is 372 g/mol. The van der Waals surface area contributed by atoms with E-state index >= 15 is 0 Å². The van der Waals surface area contributed by atoms with Crippen molar-refractivity contribution in [2.45, 2.75) is 18.1 Å². The van der Waals surface area contributed by atoms with Crippen molar-refractivity contribution in [1.82, 2.24) is 0 Å². The third kappa shape index (κ3) is 4.80. The van der Waals surface area contributed by atoms with E-state index in [-0.39, 0.29) is 11.0 Å². The van der Waals surface area contributed by atoms with E-state index in [4.69, 9.17) is 23.4 Å². The van der Waals surface area contributed by atoms with Crippen LogP contribution in [0.4, 0.5) is 11.4 Å². The summed E-state index contributed by atoms with van der Waals surface area (Å²) >= 11 is 4.63. The Morgan fingerprint density at radius 3 is 1.43 bits per heavy atom. The number of Topliss-reactive ketones (excluding diaryl/α,β-unsaturated/α-hetero) is 1. The predicted molar refractivity (Wildman–Crippen MR) is 118 cm³/mol. The number of benzene rings is 2. The molecule has 0 spiro atoms. The number of thiol groups is 1. The number of hydrogen-bond donors (Lipinski definition) is 5. The Morgan fingerprint density at radius 2 is 1.11 bits per heavy atom. The van der Waals surface area contributed by atoms with Gasteiger partial charge in [0.15, 0.2) is 5.78 Å². The third-order valence-electron chi connectivity index (χ3n) is 4.56. The molecule has 8 N–H and O–H groups in total. The fourth-order valence-corrected chi connectivity index (χ4v) is 3.50. The van der Waals surface area contributed by atoms with Gasteiger partial charge in [0, 0.05) is 16.4 Å². The fourth-order valence-electron chi connectivity index (χ4n) is 3.11. The van der Waals surface area contributed by atoms with Gasteiger partial charge in [-0.15, -0.1) is 0 Å². The molecule has 0 saturated heterocycles. The van der Waals surface area contributed by atoms with Crippen LogP contribution in [0.1, 0.15) is 24.0 Å². The highest BCUT2D eigenvalue weighted by molar-refractivity contribution is 7.81. The molecule has 1 saturated carbocycles. The number of allylic oxidation sites excluding steroid dienone is 2. The van der Waals surface area contributed by atoms with E-state index in [1.807, 2.05) is 36.4 Å². The average molecular weight is 397 g/mol. The molecule has 0 amide bonds. The van der Waals surface area contributed by atoms with E-state index in [1.165, 1.54) is 0 Å². The molecule has 2 aromatic carbocycles. The van der Waals surface area contributed by atoms with Gasteiger partial charge in [0.1, 0.15) is 0 Å². The largest absolute Gasteiger partial charge is 0.289 e. The molecule has 2 aromatic rings. The van der Waals surface area contributed by atoms with Crippen LogP contribution in [0.5, 0.6) is 0 Å². The summed E-state index contributed by atoms with van der Waals surface area (Å²) in [5, 5.41) is 2.18. The molecule has 0 aromatic heterocycles. The Balaban J connectivity index is 1.85. The van der Waals surface area contributed by atoms with Gasteiger partial charge >= 0.3 is 0 Å². The normalized spacial score (nSPS) is 19.9. The van der Waals surface area contributed by atoms with Crippen LogP contribution in [0.25, 0.3) is 12.2 Å². The first kappa shape index (κ1) is 20.1. The van der Waals surface area contributed by atoms with Crippen LogP contribution in [0.3, 0.4) is 0 Å². The molecule has 1 aliphatic carbocycles. The SMILES string of the molecule is NN(N)c1ccc(C=C2CC(S)CC(=Cc3ccc(N(N)N)cc3)C2=O)cc1. The zero-order valence-corrected chi connectivity index (χ0v) is 16.2. The van der Waals surface area contributed by atoms with Crippen molar-refractivity contribution in [3.63, 3.8) is 0 Å². The van der Waals surface area contributed by atoms with Crippen molar-refractivity contribution in [3.8, 4) is 0 Å². The monoisotopic (exact) mass is 396 g/mol. The average Bonchev–Trinajstić information content (AvgIpc) is 2.66. The minimum absolute atomic E-state index is 0.0389. The van der Waals surface area contributed by atoms with Gasteiger partial charge < -0.3 is 0 Å². The van der Waals surface area contributed by atoms with Crippen LogP contribution >= 0.6 is 12.6 Å². The van der Waals surface area contributed by atoms with E-state index in [0.29, 0.717) is 24.2 Å². The second kappa shape index (κ2) is 8.59. The number of carbonyl (C=O) groups is 1. The molecule has 3 rings (SSSR count). The highest BCUT2D eigenvalue weighted by Crippen LogP contribution is 2.31. The van der Waals surface area contributed by atoms with Crippen molar-refractivity contribution >= 4 is 41.9 Å². The first-order valence-electron chi connectivity index (χ1n) is 8.76. The van der Waals surface area contributed by atoms with Crippen LogP contribution in [-0.2, 0) is 4.79 Å². The third-order valence-corrected chi connectivity index (χ3v) is 4.92. The van der Waals surface area contributed by atoms with Crippen LogP contribution in [0.2, 0.25) is 0 Å². The summed E-state index contributed by atoms with van der Waals surface area (Å²) in [6.07, 6.45) is 5.03. The molecule has 0 radical (unpaired) electrons. The molecule has 7 nitrogen and oxygen atoms in total. The minimum atomic E-state index is 0.0389. The van der Waals surface area contributed by atoms with Crippen LogP contribution in [0, 0.1) is 0 Å². The molecule has 0 bridgehead atoms. The lowest BCUT2D eigenvalue weighted by Crippen LogP contribution is -2.37. The first-order valence-corrected chi connectivity index (χ1v) is 9.28. The summed E-state index contributed by atoms with van der Waals surface area (Å²) in [6, 6.07) is 14.7. The molecule has 146 valence electrons. The van der Waals surface area contributed by atoms with Crippen LogP contribution in [0.15, 0.2) is 59.7 Å². The van der Waals surface area contributed by atoms with Crippen LogP contribution < -0.4 is 33.6 Å². The molecule has 0 unspecified atom stereocenters. The van der Waals surface area contributed by atoms with Gasteiger partial charge in [-0.2, -0.15) is 12.6 Å². The Hall–Kier alpha value is -2.62. The molecule has 1 fully saturated rings. The number of hydrazine groups is 4. The minimum Gasteiger partial charge on any atom is -0.289 e. The lowest BCUT2D eigenvalue weighted by atomic mass is 9.86. The zero-order chi connectivity index (χ0) is 20.3. The Kier molecular flexibility index (Phi) is 6.18. The number of nitrogens with two attached hydrogens (primary N) is 4. The molecule has 0 aliphatic heterocycles. The maximum absolute atomic E-state index is 13.0. The van der Waals surface area contributed by atoms with Gasteiger partial charge in [0.05, 0.1) is 11.4 Å². The standard InChI is InChI=1S/C20H24N6OS/c21-25(22)17-5-1-13(2-6-17)9-15-11-19(28)12-16(20(15)27)10-14-3-7-18(8-4-14)26(23)24/h1-10,19,28H,11-12,21-24H2. The number of hydrogen-bond acceptors (Lipinski definition) is 8. The summed E-state index contributed by atoms with van der Waals surface area (Å²) in [6.45, 7) is 0. The molecule has 28 heavy (non-hydrogen) atoms. The smallest absolute Gasteiger partial charge is 0.185 e. The number of rotatable bonds is 4. The topological polar surface area (TPSA) is 128 Å². The Morgan fingerprint density at radius 1 is 0.750 bits per heavy atom. The molecular formula is C20H24N6OS. The van der Waals surface area contributed by atoms with Crippen molar-refractivity contribution in [3.05, 3.63) is 70.8 Å². The number of ketones is 1. The summed E-state index contributed by atoms with van der Waals surface area (Å²) in [5.41, 5.74) is 4.64. The Bertz CT molecular complexity index is 830. The van der Waals surface area contributed by atoms with Gasteiger partial charge in [0.25, 0.3) is 0 Å². The molecule has 0 heterocycles. The predicted octanol–water partition coefficient (Wildman–Crippen LogP) is 1.92. The van der Waals surface area contributed by atoms with E-state index in [9.17, 15) is 4.79 Å². The fraction of sp³-hybridized carbons (Fsp3) is 0.150. The zero-order valence-electron chi connectivity index (χ0n) is 15.3. The highest BCUT2D eigenvalue weighted by atomic mass is 32.1. The van der Waals surface area contributed by atoms with E-state index in [2.05, 4.69) is 12.6 Å². The van der Waals surface area contributed by atoms with E-state index in [0.717, 1.165) is 32.5 Å². The highest BCUT2D eigenvalue weighted by Gasteiger charge is 2.25. The second-order valence-corrected chi connectivity index (χ2v) is 7.46. The number of carbonyl (C=O) groups excluding carboxylic acids is 1. The maximum Gasteiger partial charge on any atom is 0.185 e. The number of anilines is 2.